The fraction of sp³-hybridized carbons (Fsp3) is 0.350. The van der Waals surface area contributed by atoms with E-state index in [1.807, 2.05) is 48.5 Å². The summed E-state index contributed by atoms with van der Waals surface area (Å²) in [5, 5.41) is 13.5. The van der Waals surface area contributed by atoms with Crippen LogP contribution in [0.25, 0.3) is 22.6 Å². The first kappa shape index (κ1) is 17.0. The topological polar surface area (TPSA) is 70.8 Å². The smallest absolute Gasteiger partial charge is 0.227 e. The van der Waals surface area contributed by atoms with Crippen LogP contribution in [0.1, 0.15) is 0 Å². The molecule has 0 bridgehead atoms. The molecule has 136 valence electrons. The lowest BCUT2D eigenvalue weighted by molar-refractivity contribution is 0.0641. The average molecular weight is 353 g/mol. The van der Waals surface area contributed by atoms with Crippen LogP contribution in [0.3, 0.4) is 0 Å². The second kappa shape index (κ2) is 7.86. The van der Waals surface area contributed by atoms with Gasteiger partial charge in [-0.25, -0.2) is 4.98 Å². The maximum atomic E-state index is 10.2. The van der Waals surface area contributed by atoms with Crippen LogP contribution in [0.5, 0.6) is 5.75 Å². The van der Waals surface area contributed by atoms with Crippen LogP contribution < -0.4 is 10.1 Å². The number of aliphatic hydroxyl groups is 1. The second-order valence-corrected chi connectivity index (χ2v) is 6.53. The van der Waals surface area contributed by atoms with Crippen molar-refractivity contribution in [1.29, 1.82) is 0 Å². The van der Waals surface area contributed by atoms with Gasteiger partial charge in [-0.3, -0.25) is 4.90 Å². The molecule has 0 saturated carbocycles. The molecule has 1 fully saturated rings. The van der Waals surface area contributed by atoms with Gasteiger partial charge in [-0.1, -0.05) is 18.2 Å². The summed E-state index contributed by atoms with van der Waals surface area (Å²) in [6, 6.07) is 15.4. The molecule has 2 aromatic carbocycles. The molecule has 0 aliphatic carbocycles. The number of rotatable bonds is 6. The number of β-amino-alcohol motifs (C(OH)–C–C–N with tert-alkyl or cyclic N) is 1. The maximum Gasteiger partial charge on any atom is 0.227 e. The molecule has 2 heterocycles. The molecule has 1 saturated heterocycles. The van der Waals surface area contributed by atoms with E-state index in [-0.39, 0.29) is 6.61 Å². The minimum atomic E-state index is -0.515. The zero-order valence-corrected chi connectivity index (χ0v) is 14.6. The monoisotopic (exact) mass is 353 g/mol. The summed E-state index contributed by atoms with van der Waals surface area (Å²) in [6.45, 7) is 4.76. The Balaban J connectivity index is 1.39. The second-order valence-electron chi connectivity index (χ2n) is 6.53. The zero-order chi connectivity index (χ0) is 17.8. The number of fused-ring (bicyclic) bond motifs is 1. The Morgan fingerprint density at radius 3 is 2.77 bits per heavy atom. The van der Waals surface area contributed by atoms with Crippen LogP contribution in [0.4, 0.5) is 0 Å². The lowest BCUT2D eigenvalue weighted by Gasteiger charge is -2.28. The molecule has 1 aliphatic rings. The van der Waals surface area contributed by atoms with E-state index in [4.69, 9.17) is 9.15 Å². The average Bonchev–Trinajstić information content (AvgIpc) is 3.11. The van der Waals surface area contributed by atoms with Crippen molar-refractivity contribution in [2.45, 2.75) is 6.10 Å². The first-order valence-corrected chi connectivity index (χ1v) is 8.98. The molecule has 0 radical (unpaired) electrons. The van der Waals surface area contributed by atoms with E-state index < -0.39 is 6.10 Å². The van der Waals surface area contributed by atoms with Gasteiger partial charge in [0.15, 0.2) is 5.58 Å². The van der Waals surface area contributed by atoms with Gasteiger partial charge < -0.3 is 19.6 Å². The molecule has 0 amide bonds. The first-order valence-electron chi connectivity index (χ1n) is 8.98. The van der Waals surface area contributed by atoms with Gasteiger partial charge in [-0.05, 0) is 24.3 Å². The molecule has 6 heteroatoms. The van der Waals surface area contributed by atoms with E-state index in [9.17, 15) is 5.11 Å². The lowest BCUT2D eigenvalue weighted by Crippen LogP contribution is -2.47. The van der Waals surface area contributed by atoms with Crippen LogP contribution in [0.2, 0.25) is 0 Å². The maximum absolute atomic E-state index is 10.2. The number of ether oxygens (including phenoxy) is 1. The number of piperazine rings is 1. The molecule has 3 aromatic rings. The highest BCUT2D eigenvalue weighted by Crippen LogP contribution is 2.27. The molecular formula is C20H23N3O3. The molecule has 6 nitrogen and oxygen atoms in total. The summed E-state index contributed by atoms with van der Waals surface area (Å²) >= 11 is 0. The third-order valence-electron chi connectivity index (χ3n) is 4.50. The SMILES string of the molecule is OC(COc1ccc2nc(-c3ccccc3)oc2c1)CN1CCNCC1. The Labute approximate surface area is 152 Å². The van der Waals surface area contributed by atoms with Gasteiger partial charge in [-0.2, -0.15) is 0 Å². The predicted molar refractivity (Wildman–Crippen MR) is 100 cm³/mol. The van der Waals surface area contributed by atoms with E-state index in [0.717, 1.165) is 37.3 Å². The van der Waals surface area contributed by atoms with Gasteiger partial charge in [-0.15, -0.1) is 0 Å². The predicted octanol–water partition coefficient (Wildman–Crippen LogP) is 2.14. The van der Waals surface area contributed by atoms with Gasteiger partial charge in [0.25, 0.3) is 0 Å². The van der Waals surface area contributed by atoms with Crippen molar-refractivity contribution in [3.63, 3.8) is 0 Å². The molecule has 2 N–H and O–H groups in total. The van der Waals surface area contributed by atoms with Gasteiger partial charge in [0.2, 0.25) is 5.89 Å². The van der Waals surface area contributed by atoms with Gasteiger partial charge in [0.1, 0.15) is 24.0 Å². The summed E-state index contributed by atoms with van der Waals surface area (Å²) < 4.78 is 11.6. The van der Waals surface area contributed by atoms with Crippen LogP contribution in [0, 0.1) is 0 Å². The van der Waals surface area contributed by atoms with Crippen molar-refractivity contribution in [2.75, 3.05) is 39.3 Å². The fourth-order valence-corrected chi connectivity index (χ4v) is 3.14. The number of hydrogen-bond donors (Lipinski definition) is 2. The van der Waals surface area contributed by atoms with Crippen molar-refractivity contribution in [1.82, 2.24) is 15.2 Å². The summed E-state index contributed by atoms with van der Waals surface area (Å²) in [5.74, 6) is 1.27. The number of aliphatic hydroxyl groups excluding tert-OH is 1. The largest absolute Gasteiger partial charge is 0.491 e. The zero-order valence-electron chi connectivity index (χ0n) is 14.6. The molecule has 0 spiro atoms. The minimum absolute atomic E-state index is 0.259. The lowest BCUT2D eigenvalue weighted by atomic mass is 10.2. The third kappa shape index (κ3) is 4.04. The minimum Gasteiger partial charge on any atom is -0.491 e. The summed E-state index contributed by atoms with van der Waals surface area (Å²) in [7, 11) is 0. The standard InChI is InChI=1S/C20H23N3O3/c24-16(13-23-10-8-21-9-11-23)14-25-17-6-7-18-19(12-17)26-20(22-18)15-4-2-1-3-5-15/h1-7,12,16,21,24H,8-11,13-14H2. The highest BCUT2D eigenvalue weighted by atomic mass is 16.5. The highest BCUT2D eigenvalue weighted by molar-refractivity contribution is 5.77. The van der Waals surface area contributed by atoms with Crippen molar-refractivity contribution in [2.24, 2.45) is 0 Å². The number of aromatic nitrogens is 1. The molecule has 1 aromatic heterocycles. The molecule has 1 atom stereocenters. The van der Waals surface area contributed by atoms with E-state index in [1.54, 1.807) is 0 Å². The highest BCUT2D eigenvalue weighted by Gasteiger charge is 2.15. The number of oxazole rings is 1. The third-order valence-corrected chi connectivity index (χ3v) is 4.50. The van der Waals surface area contributed by atoms with E-state index in [2.05, 4.69) is 15.2 Å². The summed E-state index contributed by atoms with van der Waals surface area (Å²) in [5.41, 5.74) is 2.41. The van der Waals surface area contributed by atoms with E-state index in [1.165, 1.54) is 0 Å². The Hall–Kier alpha value is -2.41. The Bertz CT molecular complexity index is 844. The number of nitrogens with zero attached hydrogens (tertiary/aromatic N) is 2. The van der Waals surface area contributed by atoms with E-state index in [0.29, 0.717) is 23.8 Å². The van der Waals surface area contributed by atoms with Crippen LogP contribution in [-0.4, -0.2) is 60.4 Å². The van der Waals surface area contributed by atoms with Gasteiger partial charge in [0.05, 0.1) is 0 Å². The van der Waals surface area contributed by atoms with Crippen molar-refractivity contribution in [3.05, 3.63) is 48.5 Å². The normalized spacial score (nSPS) is 16.7. The van der Waals surface area contributed by atoms with Crippen LogP contribution in [0.15, 0.2) is 52.9 Å². The van der Waals surface area contributed by atoms with Crippen LogP contribution >= 0.6 is 0 Å². The number of benzene rings is 2. The molecule has 1 aliphatic heterocycles. The molecule has 1 unspecified atom stereocenters. The van der Waals surface area contributed by atoms with Gasteiger partial charge >= 0.3 is 0 Å². The first-order chi connectivity index (χ1) is 12.8. The van der Waals surface area contributed by atoms with Crippen LogP contribution in [-0.2, 0) is 0 Å². The Morgan fingerprint density at radius 2 is 1.96 bits per heavy atom. The summed E-state index contributed by atoms with van der Waals surface area (Å²) in [4.78, 5) is 6.76. The quantitative estimate of drug-likeness (QED) is 0.708. The molecule has 26 heavy (non-hydrogen) atoms. The van der Waals surface area contributed by atoms with Crippen molar-refractivity contribution in [3.8, 4) is 17.2 Å². The van der Waals surface area contributed by atoms with Crippen molar-refractivity contribution < 1.29 is 14.3 Å². The Kier molecular flexibility index (Phi) is 5.15. The number of hydrogen-bond acceptors (Lipinski definition) is 6. The molecule has 4 rings (SSSR count). The number of nitrogens with one attached hydrogen (secondary N) is 1. The van der Waals surface area contributed by atoms with Gasteiger partial charge in [0, 0.05) is 44.4 Å². The van der Waals surface area contributed by atoms with Crippen molar-refractivity contribution >= 4 is 11.1 Å². The van der Waals surface area contributed by atoms with E-state index >= 15 is 0 Å². The Morgan fingerprint density at radius 1 is 1.15 bits per heavy atom. The summed E-state index contributed by atoms with van der Waals surface area (Å²) in [6.07, 6.45) is -0.515. The molecular weight excluding hydrogens is 330 g/mol. The fourth-order valence-electron chi connectivity index (χ4n) is 3.14.